The second-order valence-corrected chi connectivity index (χ2v) is 5.28. The van der Waals surface area contributed by atoms with Gasteiger partial charge in [0.2, 0.25) is 5.91 Å². The highest BCUT2D eigenvalue weighted by Crippen LogP contribution is 2.10. The van der Waals surface area contributed by atoms with Crippen LogP contribution in [0.25, 0.3) is 0 Å². The predicted molar refractivity (Wildman–Crippen MR) is 82.1 cm³/mol. The third-order valence-electron chi connectivity index (χ3n) is 3.88. The highest BCUT2D eigenvalue weighted by Gasteiger charge is 2.13. The van der Waals surface area contributed by atoms with Crippen molar-refractivity contribution in [3.8, 4) is 0 Å². The van der Waals surface area contributed by atoms with Crippen molar-refractivity contribution in [1.82, 2.24) is 9.80 Å². The van der Waals surface area contributed by atoms with Crippen LogP contribution in [-0.4, -0.2) is 55.5 Å². The van der Waals surface area contributed by atoms with Crippen molar-refractivity contribution in [1.29, 1.82) is 0 Å². The van der Waals surface area contributed by atoms with E-state index in [0.29, 0.717) is 13.0 Å². The second-order valence-electron chi connectivity index (χ2n) is 5.28. The van der Waals surface area contributed by atoms with Crippen molar-refractivity contribution in [2.24, 2.45) is 11.7 Å². The molecule has 0 spiro atoms. The normalized spacial score (nSPS) is 11.3. The largest absolute Gasteiger partial charge is 0.346 e. The first-order valence-corrected chi connectivity index (χ1v) is 7.75. The fourth-order valence-corrected chi connectivity index (χ4v) is 2.19. The van der Waals surface area contributed by atoms with Crippen molar-refractivity contribution in [3.63, 3.8) is 0 Å². The molecule has 0 atom stereocenters. The van der Waals surface area contributed by atoms with Gasteiger partial charge in [-0.05, 0) is 25.4 Å². The fraction of sp³-hybridized carbons (Fsp3) is 0.933. The topological polar surface area (TPSA) is 49.6 Å². The Bertz CT molecular complexity index is 229. The predicted octanol–water partition coefficient (Wildman–Crippen LogP) is 1.94. The van der Waals surface area contributed by atoms with Gasteiger partial charge in [-0.15, -0.1) is 0 Å². The van der Waals surface area contributed by atoms with Crippen molar-refractivity contribution in [2.75, 3.05) is 39.8 Å². The molecule has 1 amide bonds. The number of amides is 1. The average molecular weight is 271 g/mol. The first kappa shape index (κ1) is 18.4. The maximum atomic E-state index is 12.0. The summed E-state index contributed by atoms with van der Waals surface area (Å²) in [5.74, 6) is 0.987. The van der Waals surface area contributed by atoms with E-state index in [1.165, 1.54) is 12.8 Å². The third kappa shape index (κ3) is 8.22. The van der Waals surface area contributed by atoms with E-state index in [1.54, 1.807) is 4.90 Å². The molecule has 19 heavy (non-hydrogen) atoms. The zero-order valence-corrected chi connectivity index (χ0v) is 13.3. The number of carbonyl (C=O) groups excluding carboxylic acids is 1. The van der Waals surface area contributed by atoms with E-state index in [-0.39, 0.29) is 5.91 Å². The smallest absolute Gasteiger partial charge is 0.223 e. The van der Waals surface area contributed by atoms with Gasteiger partial charge in [-0.25, -0.2) is 0 Å². The molecular weight excluding hydrogens is 238 g/mol. The minimum Gasteiger partial charge on any atom is -0.346 e. The molecule has 0 aromatic rings. The summed E-state index contributed by atoms with van der Waals surface area (Å²) < 4.78 is 0. The van der Waals surface area contributed by atoms with Crippen LogP contribution < -0.4 is 5.73 Å². The van der Waals surface area contributed by atoms with Gasteiger partial charge in [0.1, 0.15) is 0 Å². The number of rotatable bonds is 11. The van der Waals surface area contributed by atoms with Crippen LogP contribution in [0.15, 0.2) is 0 Å². The van der Waals surface area contributed by atoms with Gasteiger partial charge >= 0.3 is 0 Å². The summed E-state index contributed by atoms with van der Waals surface area (Å²) in [6.07, 6.45) is 3.94. The van der Waals surface area contributed by atoms with Gasteiger partial charge in [0.05, 0.1) is 0 Å². The summed E-state index contributed by atoms with van der Waals surface area (Å²) in [6.45, 7) is 11.1. The Morgan fingerprint density at radius 1 is 1.16 bits per heavy atom. The lowest BCUT2D eigenvalue weighted by Crippen LogP contribution is -2.35. The van der Waals surface area contributed by atoms with Crippen LogP contribution in [-0.2, 0) is 4.79 Å². The Hall–Kier alpha value is -0.610. The average Bonchev–Trinajstić information content (AvgIpc) is 2.44. The van der Waals surface area contributed by atoms with Gasteiger partial charge in [-0.2, -0.15) is 0 Å². The van der Waals surface area contributed by atoms with Crippen molar-refractivity contribution < 1.29 is 4.79 Å². The van der Waals surface area contributed by atoms with Gasteiger partial charge in [-0.1, -0.05) is 33.6 Å². The minimum atomic E-state index is 0.233. The number of carbonyl (C=O) groups is 1. The van der Waals surface area contributed by atoms with Crippen LogP contribution in [0.4, 0.5) is 0 Å². The lowest BCUT2D eigenvalue weighted by molar-refractivity contribution is -0.130. The van der Waals surface area contributed by atoms with Crippen LogP contribution >= 0.6 is 0 Å². The van der Waals surface area contributed by atoms with Crippen molar-refractivity contribution in [3.05, 3.63) is 0 Å². The Morgan fingerprint density at radius 2 is 1.79 bits per heavy atom. The number of hydrogen-bond acceptors (Lipinski definition) is 3. The zero-order chi connectivity index (χ0) is 14.7. The standard InChI is InChI=1S/C15H33N3O/c1-5-14(6-2)13-18(7-3)12-9-15(19)17(4)11-8-10-16/h14H,5-13,16H2,1-4H3. The molecule has 0 aliphatic heterocycles. The van der Waals surface area contributed by atoms with Gasteiger partial charge in [0, 0.05) is 33.1 Å². The van der Waals surface area contributed by atoms with Crippen LogP contribution in [0.1, 0.15) is 46.5 Å². The molecule has 0 saturated carbocycles. The molecule has 2 N–H and O–H groups in total. The SMILES string of the molecule is CCC(CC)CN(CC)CCC(=O)N(C)CCCN. The Kier molecular flexibility index (Phi) is 10.9. The molecule has 0 aliphatic rings. The Balaban J connectivity index is 4.02. The Labute approximate surface area is 119 Å². The zero-order valence-electron chi connectivity index (χ0n) is 13.3. The summed E-state index contributed by atoms with van der Waals surface area (Å²) in [4.78, 5) is 16.2. The first-order chi connectivity index (χ1) is 9.08. The van der Waals surface area contributed by atoms with E-state index in [9.17, 15) is 4.79 Å². The highest BCUT2D eigenvalue weighted by molar-refractivity contribution is 5.76. The van der Waals surface area contributed by atoms with Crippen molar-refractivity contribution >= 4 is 5.91 Å². The summed E-state index contributed by atoms with van der Waals surface area (Å²) in [7, 11) is 1.87. The van der Waals surface area contributed by atoms with Crippen molar-refractivity contribution in [2.45, 2.75) is 46.5 Å². The molecule has 4 nitrogen and oxygen atoms in total. The lowest BCUT2D eigenvalue weighted by atomic mass is 10.0. The molecule has 0 fully saturated rings. The third-order valence-corrected chi connectivity index (χ3v) is 3.88. The number of hydrogen-bond donors (Lipinski definition) is 1. The number of nitrogens with zero attached hydrogens (tertiary/aromatic N) is 2. The molecule has 0 unspecified atom stereocenters. The molecule has 0 saturated heterocycles. The summed E-state index contributed by atoms with van der Waals surface area (Å²) in [6, 6.07) is 0. The highest BCUT2D eigenvalue weighted by atomic mass is 16.2. The summed E-state index contributed by atoms with van der Waals surface area (Å²) in [5.41, 5.74) is 5.46. The van der Waals surface area contributed by atoms with Crippen LogP contribution in [0.2, 0.25) is 0 Å². The molecule has 0 heterocycles. The van der Waals surface area contributed by atoms with Gasteiger partial charge in [-0.3, -0.25) is 4.79 Å². The monoisotopic (exact) mass is 271 g/mol. The maximum Gasteiger partial charge on any atom is 0.223 e. The molecule has 0 rings (SSSR count). The molecular formula is C15H33N3O. The van der Waals surface area contributed by atoms with Gasteiger partial charge in [0.25, 0.3) is 0 Å². The first-order valence-electron chi connectivity index (χ1n) is 7.75. The van der Waals surface area contributed by atoms with Gasteiger partial charge < -0.3 is 15.5 Å². The quantitative estimate of drug-likeness (QED) is 0.625. The van der Waals surface area contributed by atoms with Gasteiger partial charge in [0.15, 0.2) is 0 Å². The van der Waals surface area contributed by atoms with E-state index < -0.39 is 0 Å². The summed E-state index contributed by atoms with van der Waals surface area (Å²) >= 11 is 0. The molecule has 0 bridgehead atoms. The van der Waals surface area contributed by atoms with E-state index in [2.05, 4.69) is 25.7 Å². The van der Waals surface area contributed by atoms with Crippen LogP contribution in [0.5, 0.6) is 0 Å². The van der Waals surface area contributed by atoms with E-state index >= 15 is 0 Å². The summed E-state index contributed by atoms with van der Waals surface area (Å²) in [5, 5.41) is 0. The lowest BCUT2D eigenvalue weighted by Gasteiger charge is -2.26. The maximum absolute atomic E-state index is 12.0. The molecule has 0 aromatic carbocycles. The molecule has 4 heteroatoms. The molecule has 0 radical (unpaired) electrons. The molecule has 114 valence electrons. The van der Waals surface area contributed by atoms with E-state index in [0.717, 1.165) is 38.5 Å². The minimum absolute atomic E-state index is 0.233. The van der Waals surface area contributed by atoms with Crippen LogP contribution in [0.3, 0.4) is 0 Å². The molecule has 0 aliphatic carbocycles. The Morgan fingerprint density at radius 3 is 2.26 bits per heavy atom. The van der Waals surface area contributed by atoms with E-state index in [1.807, 2.05) is 7.05 Å². The fourth-order valence-electron chi connectivity index (χ4n) is 2.19. The second kappa shape index (κ2) is 11.2. The molecule has 0 aromatic heterocycles. The van der Waals surface area contributed by atoms with Crippen LogP contribution in [0, 0.1) is 5.92 Å². The number of nitrogens with two attached hydrogens (primary N) is 1. The van der Waals surface area contributed by atoms with E-state index in [4.69, 9.17) is 5.73 Å².